The van der Waals surface area contributed by atoms with Crippen LogP contribution in [0.5, 0.6) is 0 Å². The van der Waals surface area contributed by atoms with Crippen LogP contribution in [-0.2, 0) is 11.3 Å². The van der Waals surface area contributed by atoms with Crippen LogP contribution in [0.25, 0.3) is 0 Å². The second kappa shape index (κ2) is 8.33. The average molecular weight is 327 g/mol. The first-order chi connectivity index (χ1) is 11.5. The molecule has 4 N–H and O–H groups in total. The molecular weight excluding hydrogens is 310 g/mol. The van der Waals surface area contributed by atoms with Crippen LogP contribution in [0.2, 0.25) is 0 Å². The van der Waals surface area contributed by atoms with E-state index >= 15 is 0 Å². The van der Waals surface area contributed by atoms with Crippen LogP contribution in [0.3, 0.4) is 0 Å². The van der Waals surface area contributed by atoms with Gasteiger partial charge in [0.15, 0.2) is 0 Å². The normalized spacial score (nSPS) is 9.83. The fourth-order valence-corrected chi connectivity index (χ4v) is 1.95. The van der Waals surface area contributed by atoms with E-state index in [0.29, 0.717) is 12.2 Å². The summed E-state index contributed by atoms with van der Waals surface area (Å²) in [7, 11) is 0. The van der Waals surface area contributed by atoms with Crippen molar-refractivity contribution in [3.63, 3.8) is 0 Å². The zero-order valence-electron chi connectivity index (χ0n) is 12.8. The van der Waals surface area contributed by atoms with Gasteiger partial charge in [-0.2, -0.15) is 0 Å². The van der Waals surface area contributed by atoms with Gasteiger partial charge in [0.05, 0.1) is 0 Å². The second-order valence-electron chi connectivity index (χ2n) is 4.95. The predicted octanol–water partition coefficient (Wildman–Crippen LogP) is 1.82. The van der Waals surface area contributed by atoms with Crippen molar-refractivity contribution in [1.82, 2.24) is 10.6 Å². The van der Waals surface area contributed by atoms with Crippen LogP contribution in [0, 0.1) is 0 Å². The van der Waals surface area contributed by atoms with Crippen LogP contribution in [-0.4, -0.2) is 29.6 Å². The Morgan fingerprint density at radius 3 is 2.38 bits per heavy atom. The molecule has 0 aliphatic carbocycles. The smallest absolute Gasteiger partial charge is 0.322 e. The molecule has 3 amide bonds. The summed E-state index contributed by atoms with van der Waals surface area (Å²) in [5.41, 5.74) is 1.66. The Kier molecular flexibility index (Phi) is 5.90. The fourth-order valence-electron chi connectivity index (χ4n) is 1.95. The van der Waals surface area contributed by atoms with E-state index in [-0.39, 0.29) is 5.56 Å². The molecule has 0 unspecified atom stereocenters. The van der Waals surface area contributed by atoms with Gasteiger partial charge in [0.2, 0.25) is 0 Å². The Morgan fingerprint density at radius 1 is 0.917 bits per heavy atom. The quantitative estimate of drug-likeness (QED) is 0.649. The van der Waals surface area contributed by atoms with E-state index in [0.717, 1.165) is 5.56 Å². The molecule has 0 aliphatic heterocycles. The first kappa shape index (κ1) is 17.0. The molecule has 0 atom stereocenters. The highest BCUT2D eigenvalue weighted by Gasteiger charge is 2.09. The summed E-state index contributed by atoms with van der Waals surface area (Å²) in [6.45, 7) is -0.0838. The van der Waals surface area contributed by atoms with Gasteiger partial charge in [-0.25, -0.2) is 4.79 Å². The van der Waals surface area contributed by atoms with Gasteiger partial charge in [-0.15, -0.1) is 0 Å². The topological polar surface area (TPSA) is 108 Å². The fraction of sp³-hybridized carbons (Fsp3) is 0.118. The number of carboxylic acid groups (broad SMARTS) is 1. The van der Waals surface area contributed by atoms with Gasteiger partial charge in [0.1, 0.15) is 6.54 Å². The van der Waals surface area contributed by atoms with Gasteiger partial charge in [-0.05, 0) is 23.8 Å². The molecule has 124 valence electrons. The summed E-state index contributed by atoms with van der Waals surface area (Å²) >= 11 is 0. The number of rotatable bonds is 6. The Hall–Kier alpha value is -3.35. The van der Waals surface area contributed by atoms with Crippen LogP contribution in [0.4, 0.5) is 10.5 Å². The molecule has 2 aromatic rings. The number of urea groups is 1. The van der Waals surface area contributed by atoms with E-state index in [4.69, 9.17) is 5.11 Å². The Labute approximate surface area is 138 Å². The lowest BCUT2D eigenvalue weighted by Gasteiger charge is -2.09. The first-order valence-electron chi connectivity index (χ1n) is 7.23. The monoisotopic (exact) mass is 327 g/mol. The number of carboxylic acids is 1. The molecule has 2 aromatic carbocycles. The third-order valence-electron chi connectivity index (χ3n) is 3.08. The average Bonchev–Trinajstić information content (AvgIpc) is 2.59. The first-order valence-corrected chi connectivity index (χ1v) is 7.23. The molecule has 24 heavy (non-hydrogen) atoms. The Morgan fingerprint density at radius 2 is 1.67 bits per heavy atom. The minimum Gasteiger partial charge on any atom is -0.480 e. The van der Waals surface area contributed by atoms with Crippen molar-refractivity contribution in [3.8, 4) is 0 Å². The van der Waals surface area contributed by atoms with E-state index in [1.54, 1.807) is 12.1 Å². The number of hydrogen-bond donors (Lipinski definition) is 4. The molecule has 0 heterocycles. The highest BCUT2D eigenvalue weighted by Crippen LogP contribution is 2.10. The highest BCUT2D eigenvalue weighted by atomic mass is 16.4. The Bertz CT molecular complexity index is 732. The standard InChI is InChI=1S/C17H17N3O4/c21-15(22)11-18-16(23)13-7-4-8-14(9-13)20-17(24)19-10-12-5-2-1-3-6-12/h1-9H,10-11H2,(H,18,23)(H,21,22)(H2,19,20,24). The molecule has 0 radical (unpaired) electrons. The number of nitrogens with one attached hydrogen (secondary N) is 3. The van der Waals surface area contributed by atoms with Gasteiger partial charge in [0.25, 0.3) is 5.91 Å². The summed E-state index contributed by atoms with van der Waals surface area (Å²) in [6.07, 6.45) is 0. The minimum atomic E-state index is -1.13. The summed E-state index contributed by atoms with van der Waals surface area (Å²) < 4.78 is 0. The van der Waals surface area contributed by atoms with Crippen LogP contribution >= 0.6 is 0 Å². The van der Waals surface area contributed by atoms with Gasteiger partial charge in [-0.1, -0.05) is 36.4 Å². The maximum Gasteiger partial charge on any atom is 0.322 e. The van der Waals surface area contributed by atoms with Crippen LogP contribution in [0.15, 0.2) is 54.6 Å². The maximum absolute atomic E-state index is 11.9. The SMILES string of the molecule is O=C(O)CNC(=O)c1cccc(NC(=O)NCc2ccccc2)c1. The number of aliphatic carboxylic acids is 1. The summed E-state index contributed by atoms with van der Waals surface area (Å²) in [6, 6.07) is 15.3. The van der Waals surface area contributed by atoms with Crippen molar-refractivity contribution in [3.05, 3.63) is 65.7 Å². The summed E-state index contributed by atoms with van der Waals surface area (Å²) in [5, 5.41) is 16.1. The number of carbonyl (C=O) groups is 3. The van der Waals surface area contributed by atoms with Crippen LogP contribution < -0.4 is 16.0 Å². The number of hydrogen-bond acceptors (Lipinski definition) is 3. The third kappa shape index (κ3) is 5.45. The minimum absolute atomic E-state index is 0.261. The molecule has 0 saturated heterocycles. The van der Waals surface area contributed by atoms with Gasteiger partial charge in [0, 0.05) is 17.8 Å². The van der Waals surface area contributed by atoms with E-state index in [1.165, 1.54) is 12.1 Å². The largest absolute Gasteiger partial charge is 0.480 e. The van der Waals surface area contributed by atoms with E-state index < -0.39 is 24.5 Å². The molecule has 7 heteroatoms. The molecule has 7 nitrogen and oxygen atoms in total. The molecular formula is C17H17N3O4. The van der Waals surface area contributed by atoms with Crippen molar-refractivity contribution in [2.75, 3.05) is 11.9 Å². The third-order valence-corrected chi connectivity index (χ3v) is 3.08. The van der Waals surface area contributed by atoms with Crippen molar-refractivity contribution in [2.24, 2.45) is 0 Å². The van der Waals surface area contributed by atoms with Crippen molar-refractivity contribution in [2.45, 2.75) is 6.54 Å². The molecule has 2 rings (SSSR count). The number of carbonyl (C=O) groups excluding carboxylic acids is 2. The highest BCUT2D eigenvalue weighted by molar-refractivity contribution is 5.98. The van der Waals surface area contributed by atoms with E-state index in [2.05, 4.69) is 16.0 Å². The lowest BCUT2D eigenvalue weighted by molar-refractivity contribution is -0.135. The number of amides is 3. The van der Waals surface area contributed by atoms with Crippen molar-refractivity contribution >= 4 is 23.6 Å². The van der Waals surface area contributed by atoms with Gasteiger partial charge >= 0.3 is 12.0 Å². The predicted molar refractivity (Wildman–Crippen MR) is 88.7 cm³/mol. The lowest BCUT2D eigenvalue weighted by atomic mass is 10.2. The van der Waals surface area contributed by atoms with Crippen LogP contribution in [0.1, 0.15) is 15.9 Å². The lowest BCUT2D eigenvalue weighted by Crippen LogP contribution is -2.30. The van der Waals surface area contributed by atoms with E-state index in [1.807, 2.05) is 30.3 Å². The van der Waals surface area contributed by atoms with Crippen molar-refractivity contribution < 1.29 is 19.5 Å². The maximum atomic E-state index is 11.9. The van der Waals surface area contributed by atoms with Crippen molar-refractivity contribution in [1.29, 1.82) is 0 Å². The molecule has 0 spiro atoms. The molecule has 0 saturated carbocycles. The molecule has 0 aliphatic rings. The zero-order chi connectivity index (χ0) is 17.4. The van der Waals surface area contributed by atoms with E-state index in [9.17, 15) is 14.4 Å². The second-order valence-corrected chi connectivity index (χ2v) is 4.95. The number of anilines is 1. The summed E-state index contributed by atoms with van der Waals surface area (Å²) in [4.78, 5) is 34.1. The van der Waals surface area contributed by atoms with Gasteiger partial charge < -0.3 is 21.1 Å². The van der Waals surface area contributed by atoms with Gasteiger partial charge in [-0.3, -0.25) is 9.59 Å². The number of benzene rings is 2. The molecule has 0 fully saturated rings. The molecule has 0 aromatic heterocycles. The molecule has 0 bridgehead atoms. The zero-order valence-corrected chi connectivity index (χ0v) is 12.8. The summed E-state index contributed by atoms with van der Waals surface area (Å²) in [5.74, 6) is -1.65. The Balaban J connectivity index is 1.90.